The van der Waals surface area contributed by atoms with Gasteiger partial charge in [0.05, 0.1) is 6.10 Å². The third-order valence-electron chi connectivity index (χ3n) is 3.51. The smallest absolute Gasteiger partial charge is 0.274 e. The van der Waals surface area contributed by atoms with E-state index in [1.54, 1.807) is 49.6 Å². The molecule has 0 fully saturated rings. The molecule has 7 heteroatoms. The highest BCUT2D eigenvalue weighted by Gasteiger charge is 2.12. The first-order chi connectivity index (χ1) is 13.0. The molecule has 2 aromatic rings. The zero-order valence-corrected chi connectivity index (χ0v) is 15.8. The van der Waals surface area contributed by atoms with Gasteiger partial charge >= 0.3 is 0 Å². The summed E-state index contributed by atoms with van der Waals surface area (Å²) in [5.74, 6) is 0.0192. The number of carbonyl (C=O) groups excluding carboxylic acids is 2. The molecule has 144 valence electrons. The molecule has 2 N–H and O–H groups in total. The first kappa shape index (κ1) is 20.4. The maximum absolute atomic E-state index is 12.4. The van der Waals surface area contributed by atoms with Crippen LogP contribution in [-0.4, -0.2) is 43.2 Å². The summed E-state index contributed by atoms with van der Waals surface area (Å²) in [6.45, 7) is 4.94. The summed E-state index contributed by atoms with van der Waals surface area (Å²) in [5.41, 5.74) is 0.982. The van der Waals surface area contributed by atoms with Gasteiger partial charge in [-0.15, -0.1) is 0 Å². The van der Waals surface area contributed by atoms with Crippen molar-refractivity contribution in [2.45, 2.75) is 26.4 Å². The van der Waals surface area contributed by atoms with Gasteiger partial charge in [0, 0.05) is 25.9 Å². The van der Waals surface area contributed by atoms with Crippen molar-refractivity contribution in [1.82, 2.24) is 10.3 Å². The molecule has 0 radical (unpaired) electrons. The lowest BCUT2D eigenvalue weighted by Gasteiger charge is -2.11. The minimum atomic E-state index is -0.387. The van der Waals surface area contributed by atoms with Crippen molar-refractivity contribution in [2.24, 2.45) is 0 Å². The van der Waals surface area contributed by atoms with Crippen molar-refractivity contribution in [1.29, 1.82) is 0 Å². The van der Waals surface area contributed by atoms with Crippen LogP contribution in [0, 0.1) is 0 Å². The van der Waals surface area contributed by atoms with E-state index in [9.17, 15) is 9.59 Å². The van der Waals surface area contributed by atoms with E-state index in [0.717, 1.165) is 5.75 Å². The van der Waals surface area contributed by atoms with E-state index in [-0.39, 0.29) is 29.3 Å². The number of benzene rings is 1. The Kier molecular flexibility index (Phi) is 7.76. The van der Waals surface area contributed by atoms with Crippen LogP contribution in [-0.2, 0) is 4.74 Å². The van der Waals surface area contributed by atoms with Crippen molar-refractivity contribution >= 4 is 17.5 Å². The Hall–Kier alpha value is -2.93. The van der Waals surface area contributed by atoms with Crippen molar-refractivity contribution in [3.05, 3.63) is 53.9 Å². The molecule has 27 heavy (non-hydrogen) atoms. The minimum absolute atomic E-state index is 0.0815. The van der Waals surface area contributed by atoms with Gasteiger partial charge in [0.1, 0.15) is 17.1 Å². The van der Waals surface area contributed by atoms with Crippen LogP contribution in [0.4, 0.5) is 5.69 Å². The van der Waals surface area contributed by atoms with Gasteiger partial charge in [-0.05, 0) is 56.7 Å². The topological polar surface area (TPSA) is 89.5 Å². The van der Waals surface area contributed by atoms with Gasteiger partial charge in [0.15, 0.2) is 0 Å². The molecule has 0 spiro atoms. The molecule has 0 saturated carbocycles. The van der Waals surface area contributed by atoms with Gasteiger partial charge in [0.25, 0.3) is 11.8 Å². The Labute approximate surface area is 159 Å². The van der Waals surface area contributed by atoms with E-state index >= 15 is 0 Å². The lowest BCUT2D eigenvalue weighted by atomic mass is 10.2. The molecule has 0 bridgehead atoms. The van der Waals surface area contributed by atoms with Crippen molar-refractivity contribution < 1.29 is 19.1 Å². The second-order valence-electron chi connectivity index (χ2n) is 6.16. The number of hydrogen-bond donors (Lipinski definition) is 2. The Bertz CT molecular complexity index is 760. The summed E-state index contributed by atoms with van der Waals surface area (Å²) < 4.78 is 10.5. The Morgan fingerprint density at radius 2 is 1.70 bits per heavy atom. The number of pyridine rings is 1. The molecule has 7 nitrogen and oxygen atoms in total. The molecular weight excluding hydrogens is 346 g/mol. The minimum Gasteiger partial charge on any atom is -0.491 e. The molecule has 0 aliphatic heterocycles. The highest BCUT2D eigenvalue weighted by Crippen LogP contribution is 2.17. The standard InChI is InChI=1S/C20H25N3O4/c1-14(2)27-16-10-8-15(9-11-16)22-20(25)18-7-4-6-17(23-18)19(24)21-12-5-13-26-3/h4,6-11,14H,5,12-13H2,1-3H3,(H,21,24)(H,22,25). The van der Waals surface area contributed by atoms with Gasteiger partial charge in [0.2, 0.25) is 0 Å². The number of hydrogen-bond acceptors (Lipinski definition) is 5. The number of methoxy groups -OCH3 is 1. The first-order valence-corrected chi connectivity index (χ1v) is 8.82. The zero-order valence-electron chi connectivity index (χ0n) is 15.8. The van der Waals surface area contributed by atoms with Crippen LogP contribution in [0.3, 0.4) is 0 Å². The van der Waals surface area contributed by atoms with Gasteiger partial charge in [-0.1, -0.05) is 6.07 Å². The molecule has 0 aliphatic rings. The molecule has 1 aromatic carbocycles. The normalized spacial score (nSPS) is 10.5. The SMILES string of the molecule is COCCCNC(=O)c1cccc(C(=O)Nc2ccc(OC(C)C)cc2)n1. The van der Waals surface area contributed by atoms with E-state index < -0.39 is 0 Å². The second kappa shape index (κ2) is 10.3. The molecule has 0 saturated heterocycles. The van der Waals surface area contributed by atoms with E-state index in [1.165, 1.54) is 0 Å². The van der Waals surface area contributed by atoms with E-state index in [0.29, 0.717) is 25.3 Å². The summed E-state index contributed by atoms with van der Waals surface area (Å²) in [4.78, 5) is 28.6. The molecule has 1 heterocycles. The number of rotatable bonds is 9. The van der Waals surface area contributed by atoms with Crippen LogP contribution < -0.4 is 15.4 Å². The van der Waals surface area contributed by atoms with Gasteiger partial charge < -0.3 is 20.1 Å². The third-order valence-corrected chi connectivity index (χ3v) is 3.51. The third kappa shape index (κ3) is 6.71. The molecular formula is C20H25N3O4. The van der Waals surface area contributed by atoms with Crippen LogP contribution >= 0.6 is 0 Å². The number of ether oxygens (including phenoxy) is 2. The number of anilines is 1. The number of nitrogens with one attached hydrogen (secondary N) is 2. The summed E-state index contributed by atoms with van der Waals surface area (Å²) in [5, 5.41) is 5.50. The van der Waals surface area contributed by atoms with Gasteiger partial charge in [-0.2, -0.15) is 0 Å². The Balaban J connectivity index is 1.97. The number of amides is 2. The van der Waals surface area contributed by atoms with Crippen LogP contribution in [0.25, 0.3) is 0 Å². The highest BCUT2D eigenvalue weighted by atomic mass is 16.5. The van der Waals surface area contributed by atoms with Crippen molar-refractivity contribution in [3.8, 4) is 5.75 Å². The molecule has 2 amide bonds. The average molecular weight is 371 g/mol. The van der Waals surface area contributed by atoms with E-state index in [2.05, 4.69) is 15.6 Å². The van der Waals surface area contributed by atoms with Gasteiger partial charge in [-0.25, -0.2) is 4.98 Å². The van der Waals surface area contributed by atoms with Crippen LogP contribution in [0.5, 0.6) is 5.75 Å². The molecule has 0 unspecified atom stereocenters. The van der Waals surface area contributed by atoms with Crippen LogP contribution in [0.15, 0.2) is 42.5 Å². The quantitative estimate of drug-likeness (QED) is 0.662. The predicted octanol–water partition coefficient (Wildman–Crippen LogP) is 2.89. The fourth-order valence-electron chi connectivity index (χ4n) is 2.28. The van der Waals surface area contributed by atoms with Crippen molar-refractivity contribution in [3.63, 3.8) is 0 Å². The summed E-state index contributed by atoms with van der Waals surface area (Å²) in [6.07, 6.45) is 0.789. The molecule has 1 aromatic heterocycles. The molecule has 0 aliphatic carbocycles. The average Bonchev–Trinajstić information content (AvgIpc) is 2.66. The van der Waals surface area contributed by atoms with Crippen LogP contribution in [0.1, 0.15) is 41.2 Å². The van der Waals surface area contributed by atoms with Crippen LogP contribution in [0.2, 0.25) is 0 Å². The highest BCUT2D eigenvalue weighted by molar-refractivity contribution is 6.03. The fourth-order valence-corrected chi connectivity index (χ4v) is 2.28. The van der Waals surface area contributed by atoms with E-state index in [1.807, 2.05) is 13.8 Å². The number of carbonyl (C=O) groups is 2. The Morgan fingerprint density at radius 1 is 1.04 bits per heavy atom. The lowest BCUT2D eigenvalue weighted by Crippen LogP contribution is -2.27. The maximum atomic E-state index is 12.4. The predicted molar refractivity (Wildman–Crippen MR) is 103 cm³/mol. The summed E-state index contributed by atoms with van der Waals surface area (Å²) in [6, 6.07) is 11.8. The maximum Gasteiger partial charge on any atom is 0.274 e. The fraction of sp³-hybridized carbons (Fsp3) is 0.350. The summed E-state index contributed by atoms with van der Waals surface area (Å²) >= 11 is 0. The monoisotopic (exact) mass is 371 g/mol. The largest absolute Gasteiger partial charge is 0.491 e. The first-order valence-electron chi connectivity index (χ1n) is 8.82. The molecule has 2 rings (SSSR count). The number of aromatic nitrogens is 1. The number of nitrogens with zero attached hydrogens (tertiary/aromatic N) is 1. The lowest BCUT2D eigenvalue weighted by molar-refractivity contribution is 0.0943. The summed E-state index contributed by atoms with van der Waals surface area (Å²) in [7, 11) is 1.61. The zero-order chi connectivity index (χ0) is 19.6. The molecule has 0 atom stereocenters. The second-order valence-corrected chi connectivity index (χ2v) is 6.16. The Morgan fingerprint density at radius 3 is 2.33 bits per heavy atom. The van der Waals surface area contributed by atoms with Crippen molar-refractivity contribution in [2.75, 3.05) is 25.6 Å². The van der Waals surface area contributed by atoms with E-state index in [4.69, 9.17) is 9.47 Å². The van der Waals surface area contributed by atoms with Gasteiger partial charge in [-0.3, -0.25) is 9.59 Å².